The minimum atomic E-state index is -0.594. The molecule has 0 aliphatic heterocycles. The van der Waals surface area contributed by atoms with E-state index in [0.717, 1.165) is 36.3 Å². The lowest BCUT2D eigenvalue weighted by Gasteiger charge is -2.36. The van der Waals surface area contributed by atoms with Gasteiger partial charge in [0.25, 0.3) is 5.91 Å². The molecule has 0 saturated carbocycles. The van der Waals surface area contributed by atoms with Crippen molar-refractivity contribution in [3.8, 4) is 5.75 Å². The second-order valence-electron chi connectivity index (χ2n) is 11.6. The fourth-order valence-corrected chi connectivity index (χ4v) is 6.56. The number of primary amides is 1. The number of benzene rings is 1. The van der Waals surface area contributed by atoms with Crippen LogP contribution in [-0.2, 0) is 20.7 Å². The van der Waals surface area contributed by atoms with E-state index in [4.69, 9.17) is 15.5 Å². The van der Waals surface area contributed by atoms with Gasteiger partial charge in [0.15, 0.2) is 0 Å². The number of carbonyl (C=O) groups is 3. The van der Waals surface area contributed by atoms with E-state index in [2.05, 4.69) is 39.9 Å². The summed E-state index contributed by atoms with van der Waals surface area (Å²) in [6, 6.07) is 4.62. The zero-order chi connectivity index (χ0) is 30.8. The number of amides is 3. The molecule has 1 unspecified atom stereocenters. The number of nitrogens with one attached hydrogen (secondary N) is 1. The maximum Gasteiger partial charge on any atom is 0.270 e. The number of carbonyl (C=O) groups excluding carboxylic acids is 3. The standard InChI is InChI=1S/C32H48N4O5S/c1-6-9-10-29(38)36(13-7-2)27(20(4)5)18-28(41-14-8-3)32-35-26(19-42-32)31(40)34-22-15-21-11-12-23(37)17-24(21)25(16-22)30(33)39/h11-12,17,19-20,22,25,27-28,37H,6-10,13-16,18H2,1-5H3,(H2,33,39)(H,34,40)/t22-,25+,27?,28+/m0/s1. The largest absolute Gasteiger partial charge is 0.508 e. The first-order valence-corrected chi connectivity index (χ1v) is 16.3. The normalized spacial score (nSPS) is 17.9. The van der Waals surface area contributed by atoms with Gasteiger partial charge in [0.1, 0.15) is 22.6 Å². The molecular formula is C32H48N4O5S. The van der Waals surface area contributed by atoms with Crippen molar-refractivity contribution >= 4 is 29.1 Å². The number of ether oxygens (including phenoxy) is 1. The highest BCUT2D eigenvalue weighted by atomic mass is 32.1. The lowest BCUT2D eigenvalue weighted by atomic mass is 9.79. The minimum absolute atomic E-state index is 0.00943. The Morgan fingerprint density at radius 2 is 1.95 bits per heavy atom. The molecular weight excluding hydrogens is 552 g/mol. The SMILES string of the molecule is CCCCC(=O)N(CCC)C(C[C@@H](OCCC)c1nc(C(=O)N[C@H]2Cc3ccc(O)cc3[C@H](C(N)=O)C2)cs1)C(C)C. The molecule has 10 heteroatoms. The summed E-state index contributed by atoms with van der Waals surface area (Å²) >= 11 is 1.39. The van der Waals surface area contributed by atoms with Gasteiger partial charge in [0.2, 0.25) is 11.8 Å². The summed E-state index contributed by atoms with van der Waals surface area (Å²) in [5.41, 5.74) is 7.57. The third-order valence-corrected chi connectivity index (χ3v) is 8.81. The minimum Gasteiger partial charge on any atom is -0.508 e. The molecule has 0 bridgehead atoms. The molecule has 2 aromatic rings. The summed E-state index contributed by atoms with van der Waals surface area (Å²) in [5, 5.41) is 15.4. The van der Waals surface area contributed by atoms with Gasteiger partial charge in [0, 0.05) is 43.5 Å². The molecule has 0 fully saturated rings. The van der Waals surface area contributed by atoms with Gasteiger partial charge in [-0.25, -0.2) is 4.98 Å². The molecule has 9 nitrogen and oxygen atoms in total. The van der Waals surface area contributed by atoms with Crippen LogP contribution in [0.2, 0.25) is 0 Å². The summed E-state index contributed by atoms with van der Waals surface area (Å²) in [6.07, 6.45) is 5.28. The van der Waals surface area contributed by atoms with Crippen molar-refractivity contribution in [3.05, 3.63) is 45.4 Å². The molecule has 0 saturated heterocycles. The van der Waals surface area contributed by atoms with E-state index in [1.165, 1.54) is 11.3 Å². The Labute approximate surface area is 254 Å². The van der Waals surface area contributed by atoms with Gasteiger partial charge >= 0.3 is 0 Å². The maximum absolute atomic E-state index is 13.3. The molecule has 42 heavy (non-hydrogen) atoms. The average molecular weight is 601 g/mol. The summed E-state index contributed by atoms with van der Waals surface area (Å²) < 4.78 is 6.29. The number of rotatable bonds is 16. The number of hydrogen-bond acceptors (Lipinski definition) is 7. The second-order valence-corrected chi connectivity index (χ2v) is 12.5. The zero-order valence-corrected chi connectivity index (χ0v) is 26.5. The number of hydrogen-bond donors (Lipinski definition) is 3. The monoisotopic (exact) mass is 600 g/mol. The number of aromatic nitrogens is 1. The van der Waals surface area contributed by atoms with Gasteiger partial charge in [-0.05, 0) is 61.3 Å². The Morgan fingerprint density at radius 3 is 2.60 bits per heavy atom. The molecule has 3 amide bonds. The third kappa shape index (κ3) is 8.77. The summed E-state index contributed by atoms with van der Waals surface area (Å²) in [6.45, 7) is 11.8. The second kappa shape index (κ2) is 16.0. The molecule has 1 aromatic carbocycles. The first-order chi connectivity index (χ1) is 20.1. The number of nitrogens with two attached hydrogens (primary N) is 1. The van der Waals surface area contributed by atoms with E-state index < -0.39 is 11.8 Å². The molecule has 1 heterocycles. The van der Waals surface area contributed by atoms with Crippen molar-refractivity contribution in [2.24, 2.45) is 11.7 Å². The van der Waals surface area contributed by atoms with Gasteiger partial charge in [-0.15, -0.1) is 11.3 Å². The summed E-state index contributed by atoms with van der Waals surface area (Å²) in [7, 11) is 0. The van der Waals surface area contributed by atoms with Crippen LogP contribution in [0.1, 0.15) is 118 Å². The first-order valence-electron chi connectivity index (χ1n) is 15.4. The van der Waals surface area contributed by atoms with E-state index in [1.54, 1.807) is 23.6 Å². The molecule has 232 valence electrons. The van der Waals surface area contributed by atoms with Crippen molar-refractivity contribution < 1.29 is 24.2 Å². The highest BCUT2D eigenvalue weighted by Crippen LogP contribution is 2.35. The van der Waals surface area contributed by atoms with E-state index in [1.807, 2.05) is 4.90 Å². The maximum atomic E-state index is 13.3. The van der Waals surface area contributed by atoms with Crippen LogP contribution >= 0.6 is 11.3 Å². The first kappa shape index (κ1) is 33.5. The smallest absolute Gasteiger partial charge is 0.270 e. The fraction of sp³-hybridized carbons (Fsp3) is 0.625. The number of aromatic hydroxyl groups is 1. The fourth-order valence-electron chi connectivity index (χ4n) is 5.70. The Hall–Kier alpha value is -2.98. The Kier molecular flexibility index (Phi) is 12.8. The molecule has 4 atom stereocenters. The van der Waals surface area contributed by atoms with Crippen LogP contribution in [0.25, 0.3) is 0 Å². The Morgan fingerprint density at radius 1 is 1.19 bits per heavy atom. The van der Waals surface area contributed by atoms with E-state index in [9.17, 15) is 19.5 Å². The van der Waals surface area contributed by atoms with Crippen molar-refractivity contribution in [3.63, 3.8) is 0 Å². The zero-order valence-electron chi connectivity index (χ0n) is 25.7. The number of phenols is 1. The highest BCUT2D eigenvalue weighted by Gasteiger charge is 2.33. The predicted octanol–water partition coefficient (Wildman–Crippen LogP) is 5.47. The molecule has 0 spiro atoms. The number of unbranched alkanes of at least 4 members (excludes halogenated alkanes) is 1. The van der Waals surface area contributed by atoms with E-state index >= 15 is 0 Å². The van der Waals surface area contributed by atoms with Crippen LogP contribution < -0.4 is 11.1 Å². The molecule has 1 aromatic heterocycles. The molecule has 0 radical (unpaired) electrons. The van der Waals surface area contributed by atoms with Gasteiger partial charge in [-0.1, -0.05) is 47.1 Å². The van der Waals surface area contributed by atoms with Crippen molar-refractivity contribution in [1.82, 2.24) is 15.2 Å². The Bertz CT molecular complexity index is 1200. The highest BCUT2D eigenvalue weighted by molar-refractivity contribution is 7.09. The molecule has 4 N–H and O–H groups in total. The van der Waals surface area contributed by atoms with Crippen LogP contribution in [0.3, 0.4) is 0 Å². The van der Waals surface area contributed by atoms with Crippen LogP contribution in [0.15, 0.2) is 23.6 Å². The van der Waals surface area contributed by atoms with Crippen molar-refractivity contribution in [2.45, 2.75) is 110 Å². The van der Waals surface area contributed by atoms with E-state index in [0.29, 0.717) is 50.1 Å². The molecule has 1 aliphatic rings. The van der Waals surface area contributed by atoms with Crippen LogP contribution in [0.5, 0.6) is 5.75 Å². The van der Waals surface area contributed by atoms with Gasteiger partial charge in [-0.3, -0.25) is 14.4 Å². The predicted molar refractivity (Wildman–Crippen MR) is 165 cm³/mol. The summed E-state index contributed by atoms with van der Waals surface area (Å²) in [5.74, 6) is -0.901. The van der Waals surface area contributed by atoms with Gasteiger partial charge < -0.3 is 25.8 Å². The lowest BCUT2D eigenvalue weighted by molar-refractivity contribution is -0.135. The quantitative estimate of drug-likeness (QED) is 0.234. The van der Waals surface area contributed by atoms with Crippen LogP contribution in [-0.4, -0.2) is 57.9 Å². The lowest BCUT2D eigenvalue weighted by Crippen LogP contribution is -2.44. The van der Waals surface area contributed by atoms with E-state index in [-0.39, 0.29) is 41.7 Å². The van der Waals surface area contributed by atoms with Crippen LogP contribution in [0, 0.1) is 5.92 Å². The van der Waals surface area contributed by atoms with Crippen molar-refractivity contribution in [2.75, 3.05) is 13.2 Å². The topological polar surface area (TPSA) is 135 Å². The van der Waals surface area contributed by atoms with Crippen LogP contribution in [0.4, 0.5) is 0 Å². The number of thiazole rings is 1. The average Bonchev–Trinajstić information content (AvgIpc) is 3.45. The number of nitrogens with zero attached hydrogens (tertiary/aromatic N) is 2. The van der Waals surface area contributed by atoms with Gasteiger partial charge in [0.05, 0.1) is 5.92 Å². The Balaban J connectivity index is 1.78. The third-order valence-electron chi connectivity index (χ3n) is 7.88. The molecule has 1 aliphatic carbocycles. The molecule has 3 rings (SSSR count). The summed E-state index contributed by atoms with van der Waals surface area (Å²) in [4.78, 5) is 45.4. The number of fused-ring (bicyclic) bond motifs is 1. The van der Waals surface area contributed by atoms with Gasteiger partial charge in [-0.2, -0.15) is 0 Å². The number of phenolic OH excluding ortho intramolecular Hbond substituents is 1. The van der Waals surface area contributed by atoms with Crippen molar-refractivity contribution in [1.29, 1.82) is 0 Å².